The predicted molar refractivity (Wildman–Crippen MR) is 77.1 cm³/mol. The molecular weight excluding hydrogens is 268 g/mol. The molecule has 7 nitrogen and oxygen atoms in total. The molecule has 3 rings (SSSR count). The van der Waals surface area contributed by atoms with Gasteiger partial charge in [-0.05, 0) is 17.7 Å². The van der Waals surface area contributed by atoms with Gasteiger partial charge in [-0.15, -0.1) is 0 Å². The number of benzene rings is 1. The number of ether oxygens (including phenoxy) is 1. The Morgan fingerprint density at radius 1 is 1.29 bits per heavy atom. The first kappa shape index (κ1) is 12.9. The van der Waals surface area contributed by atoms with Crippen molar-refractivity contribution < 1.29 is 4.74 Å². The Hall–Kier alpha value is -3.14. The van der Waals surface area contributed by atoms with Crippen LogP contribution in [0.25, 0.3) is 11.2 Å². The van der Waals surface area contributed by atoms with Gasteiger partial charge >= 0.3 is 0 Å². The molecule has 0 aliphatic heterocycles. The van der Waals surface area contributed by atoms with Gasteiger partial charge in [0.25, 0.3) is 5.88 Å². The van der Waals surface area contributed by atoms with Crippen LogP contribution < -0.4 is 10.1 Å². The van der Waals surface area contributed by atoms with Crippen molar-refractivity contribution >= 4 is 17.1 Å². The molecule has 0 atom stereocenters. The summed E-state index contributed by atoms with van der Waals surface area (Å²) in [5, 5.41) is 11.5. The Balaban J connectivity index is 1.93. The van der Waals surface area contributed by atoms with Gasteiger partial charge in [0, 0.05) is 7.05 Å². The fourth-order valence-electron chi connectivity index (χ4n) is 1.87. The molecule has 21 heavy (non-hydrogen) atoms. The van der Waals surface area contributed by atoms with E-state index < -0.39 is 0 Å². The number of hydrogen-bond donors (Lipinski definition) is 2. The van der Waals surface area contributed by atoms with Crippen molar-refractivity contribution in [3.8, 4) is 17.7 Å². The van der Waals surface area contributed by atoms with E-state index in [0.29, 0.717) is 35.2 Å². The summed E-state index contributed by atoms with van der Waals surface area (Å²) >= 11 is 0. The molecule has 3 aromatic rings. The number of nitriles is 1. The van der Waals surface area contributed by atoms with Crippen LogP contribution >= 0.6 is 0 Å². The fraction of sp³-hybridized carbons (Fsp3) is 0.143. The smallest absolute Gasteiger partial charge is 0.250 e. The largest absolute Gasteiger partial charge is 0.437 e. The molecule has 0 unspecified atom stereocenters. The van der Waals surface area contributed by atoms with Crippen molar-refractivity contribution in [2.75, 3.05) is 12.4 Å². The maximum Gasteiger partial charge on any atom is 0.250 e. The van der Waals surface area contributed by atoms with Crippen molar-refractivity contribution in [3.05, 3.63) is 36.2 Å². The molecule has 2 aromatic heterocycles. The summed E-state index contributed by atoms with van der Waals surface area (Å²) < 4.78 is 5.78. The Morgan fingerprint density at radius 3 is 2.81 bits per heavy atom. The second-order valence-electron chi connectivity index (χ2n) is 4.28. The molecular formula is C14H12N6O. The fourth-order valence-corrected chi connectivity index (χ4v) is 1.87. The Bertz CT molecular complexity index is 802. The van der Waals surface area contributed by atoms with Crippen LogP contribution in [0.1, 0.15) is 5.56 Å². The van der Waals surface area contributed by atoms with Gasteiger partial charge in [-0.3, -0.25) is 0 Å². The summed E-state index contributed by atoms with van der Waals surface area (Å²) in [6.07, 6.45) is 1.92. The van der Waals surface area contributed by atoms with E-state index in [1.807, 2.05) is 12.1 Å². The maximum absolute atomic E-state index is 8.66. The number of imidazole rings is 1. The van der Waals surface area contributed by atoms with Crippen LogP contribution in [0.4, 0.5) is 5.95 Å². The van der Waals surface area contributed by atoms with Gasteiger partial charge < -0.3 is 15.0 Å². The minimum absolute atomic E-state index is 0.377. The Labute approximate surface area is 120 Å². The molecule has 2 N–H and O–H groups in total. The molecule has 0 saturated carbocycles. The predicted octanol–water partition coefficient (Wildman–Crippen LogP) is 2.25. The van der Waals surface area contributed by atoms with Crippen LogP contribution in [0.15, 0.2) is 30.6 Å². The van der Waals surface area contributed by atoms with Gasteiger partial charge in [0.15, 0.2) is 5.65 Å². The molecule has 0 saturated heterocycles. The number of aromatic amines is 1. The summed E-state index contributed by atoms with van der Waals surface area (Å²) in [5.74, 6) is 1.47. The van der Waals surface area contributed by atoms with E-state index in [9.17, 15) is 0 Å². The second-order valence-corrected chi connectivity index (χ2v) is 4.28. The standard InChI is InChI=1S/C14H12N6O/c1-16-14-19-12-11(17-8-18-12)13(20-14)21-10-4-2-9(3-5-10)6-7-15/h2-5,8H,6H2,1H3,(H2,16,17,18,19,20). The van der Waals surface area contributed by atoms with Gasteiger partial charge in [-0.1, -0.05) is 12.1 Å². The van der Waals surface area contributed by atoms with Gasteiger partial charge in [0.1, 0.15) is 11.3 Å². The average Bonchev–Trinajstić information content (AvgIpc) is 2.98. The monoisotopic (exact) mass is 280 g/mol. The number of fused-ring (bicyclic) bond motifs is 1. The van der Waals surface area contributed by atoms with E-state index in [1.54, 1.807) is 25.5 Å². The van der Waals surface area contributed by atoms with Crippen LogP contribution in [0.2, 0.25) is 0 Å². The third kappa shape index (κ3) is 2.60. The lowest BCUT2D eigenvalue weighted by Gasteiger charge is -2.07. The average molecular weight is 280 g/mol. The molecule has 0 spiro atoms. The molecule has 0 radical (unpaired) electrons. The lowest BCUT2D eigenvalue weighted by Crippen LogP contribution is -1.99. The quantitative estimate of drug-likeness (QED) is 0.760. The summed E-state index contributed by atoms with van der Waals surface area (Å²) in [7, 11) is 1.73. The van der Waals surface area contributed by atoms with Gasteiger partial charge in [0.2, 0.25) is 5.95 Å². The highest BCUT2D eigenvalue weighted by molar-refractivity contribution is 5.77. The maximum atomic E-state index is 8.66. The number of aromatic nitrogens is 4. The number of nitrogens with zero attached hydrogens (tertiary/aromatic N) is 4. The lowest BCUT2D eigenvalue weighted by molar-refractivity contribution is 0.468. The lowest BCUT2D eigenvalue weighted by atomic mass is 10.2. The minimum atomic E-state index is 0.377. The van der Waals surface area contributed by atoms with E-state index in [2.05, 4.69) is 31.3 Å². The van der Waals surface area contributed by atoms with Gasteiger partial charge in [-0.25, -0.2) is 4.98 Å². The summed E-state index contributed by atoms with van der Waals surface area (Å²) in [6.45, 7) is 0. The molecule has 0 aliphatic rings. The van der Waals surface area contributed by atoms with E-state index in [4.69, 9.17) is 10.00 Å². The first-order chi connectivity index (χ1) is 10.3. The zero-order chi connectivity index (χ0) is 14.7. The van der Waals surface area contributed by atoms with Gasteiger partial charge in [0.05, 0.1) is 18.8 Å². The van der Waals surface area contributed by atoms with Crippen molar-refractivity contribution in [2.24, 2.45) is 0 Å². The third-order valence-electron chi connectivity index (χ3n) is 2.90. The molecule has 7 heteroatoms. The SMILES string of the molecule is CNc1nc(Oc2ccc(CC#N)cc2)c2[nH]cnc2n1. The first-order valence-electron chi connectivity index (χ1n) is 6.33. The molecule has 2 heterocycles. The van der Waals surface area contributed by atoms with Crippen molar-refractivity contribution in [1.82, 2.24) is 19.9 Å². The topological polar surface area (TPSA) is 99.5 Å². The molecule has 0 amide bonds. The Morgan fingerprint density at radius 2 is 2.10 bits per heavy atom. The number of rotatable bonds is 4. The highest BCUT2D eigenvalue weighted by Crippen LogP contribution is 2.26. The number of H-pyrrole nitrogens is 1. The normalized spacial score (nSPS) is 10.3. The van der Waals surface area contributed by atoms with Crippen molar-refractivity contribution in [3.63, 3.8) is 0 Å². The summed E-state index contributed by atoms with van der Waals surface area (Å²) in [5.41, 5.74) is 2.11. The number of anilines is 1. The minimum Gasteiger partial charge on any atom is -0.437 e. The van der Waals surface area contributed by atoms with E-state index in [0.717, 1.165) is 5.56 Å². The van der Waals surface area contributed by atoms with E-state index in [-0.39, 0.29) is 0 Å². The molecule has 0 aliphatic carbocycles. The Kier molecular flexibility index (Phi) is 3.35. The molecule has 0 fully saturated rings. The van der Waals surface area contributed by atoms with E-state index in [1.165, 1.54) is 0 Å². The highest BCUT2D eigenvalue weighted by atomic mass is 16.5. The third-order valence-corrected chi connectivity index (χ3v) is 2.90. The van der Waals surface area contributed by atoms with Crippen LogP contribution in [-0.4, -0.2) is 27.0 Å². The van der Waals surface area contributed by atoms with Crippen LogP contribution in [0, 0.1) is 11.3 Å². The van der Waals surface area contributed by atoms with Crippen molar-refractivity contribution in [1.29, 1.82) is 5.26 Å². The van der Waals surface area contributed by atoms with Crippen LogP contribution in [0.5, 0.6) is 11.6 Å². The second kappa shape index (κ2) is 5.46. The van der Waals surface area contributed by atoms with E-state index >= 15 is 0 Å². The number of nitrogens with one attached hydrogen (secondary N) is 2. The van der Waals surface area contributed by atoms with Crippen LogP contribution in [0.3, 0.4) is 0 Å². The highest BCUT2D eigenvalue weighted by Gasteiger charge is 2.11. The zero-order valence-corrected chi connectivity index (χ0v) is 11.3. The summed E-state index contributed by atoms with van der Waals surface area (Å²) in [4.78, 5) is 15.6. The summed E-state index contributed by atoms with van der Waals surface area (Å²) in [6, 6.07) is 9.41. The number of hydrogen-bond acceptors (Lipinski definition) is 6. The van der Waals surface area contributed by atoms with Crippen molar-refractivity contribution in [2.45, 2.75) is 6.42 Å². The molecule has 1 aromatic carbocycles. The molecule has 104 valence electrons. The van der Waals surface area contributed by atoms with Crippen LogP contribution in [-0.2, 0) is 6.42 Å². The first-order valence-corrected chi connectivity index (χ1v) is 6.33. The zero-order valence-electron chi connectivity index (χ0n) is 11.3. The van der Waals surface area contributed by atoms with Gasteiger partial charge in [-0.2, -0.15) is 15.2 Å². The molecule has 0 bridgehead atoms.